The Kier molecular flexibility index (Phi) is 2.95. The summed E-state index contributed by atoms with van der Waals surface area (Å²) in [4.78, 5) is 21.8. The van der Waals surface area contributed by atoms with Gasteiger partial charge in [-0.15, -0.1) is 0 Å². The number of carbonyl (C=O) groups excluding carboxylic acids is 1. The van der Waals surface area contributed by atoms with Gasteiger partial charge in [-0.2, -0.15) is 0 Å². The van der Waals surface area contributed by atoms with Crippen molar-refractivity contribution in [3.63, 3.8) is 0 Å². The molecule has 3 aromatic heterocycles. The third-order valence-corrected chi connectivity index (χ3v) is 3.16. The van der Waals surface area contributed by atoms with Crippen LogP contribution in [0.4, 0.5) is 5.82 Å². The normalized spacial score (nSPS) is 10.7. The van der Waals surface area contributed by atoms with Crippen molar-refractivity contribution >= 4 is 17.6 Å². The monoisotopic (exact) mass is 266 g/mol. The lowest BCUT2D eigenvalue weighted by Gasteiger charge is -2.16. The molecule has 0 spiro atoms. The van der Waals surface area contributed by atoms with Crippen LogP contribution >= 0.6 is 0 Å². The molecular formula is C15H14N4O. The van der Waals surface area contributed by atoms with Crippen molar-refractivity contribution in [2.45, 2.75) is 0 Å². The highest BCUT2D eigenvalue weighted by atomic mass is 16.1. The molecule has 0 unspecified atom stereocenters. The maximum atomic E-state index is 11.2. The number of hydrogen-bond acceptors (Lipinski definition) is 4. The number of pyridine rings is 2. The number of aromatic nitrogens is 3. The van der Waals surface area contributed by atoms with Crippen molar-refractivity contribution < 1.29 is 4.79 Å². The molecule has 3 aromatic rings. The SMILES string of the molecule is CN(C)c1cccc2c(C=O)nc(-c3cccnc3)n12. The number of carbonyl (C=O) groups is 1. The smallest absolute Gasteiger partial charge is 0.170 e. The molecule has 0 amide bonds. The predicted octanol–water partition coefficient (Wildman–Crippen LogP) is 2.27. The first kappa shape index (κ1) is 12.3. The van der Waals surface area contributed by atoms with E-state index >= 15 is 0 Å². The minimum Gasteiger partial charge on any atom is -0.364 e. The topological polar surface area (TPSA) is 50.5 Å². The summed E-state index contributed by atoms with van der Waals surface area (Å²) in [6, 6.07) is 9.59. The first-order chi connectivity index (χ1) is 9.72. The molecule has 0 atom stereocenters. The van der Waals surface area contributed by atoms with Gasteiger partial charge in [-0.25, -0.2) is 4.98 Å². The largest absolute Gasteiger partial charge is 0.364 e. The first-order valence-electron chi connectivity index (χ1n) is 6.26. The quantitative estimate of drug-likeness (QED) is 0.682. The Bertz CT molecular complexity index is 762. The summed E-state index contributed by atoms with van der Waals surface area (Å²) in [7, 11) is 3.92. The van der Waals surface area contributed by atoms with E-state index in [9.17, 15) is 4.79 Å². The lowest BCUT2D eigenvalue weighted by atomic mass is 10.2. The zero-order chi connectivity index (χ0) is 14.1. The highest BCUT2D eigenvalue weighted by Crippen LogP contribution is 2.26. The van der Waals surface area contributed by atoms with Crippen LogP contribution in [0, 0.1) is 0 Å². The second-order valence-electron chi connectivity index (χ2n) is 4.68. The molecular weight excluding hydrogens is 252 g/mol. The Hall–Kier alpha value is -2.69. The number of nitrogens with zero attached hydrogens (tertiary/aromatic N) is 4. The van der Waals surface area contributed by atoms with Gasteiger partial charge in [0.15, 0.2) is 6.29 Å². The molecule has 0 radical (unpaired) electrons. The Morgan fingerprint density at radius 2 is 2.05 bits per heavy atom. The minimum atomic E-state index is 0.438. The summed E-state index contributed by atoms with van der Waals surface area (Å²) >= 11 is 0. The van der Waals surface area contributed by atoms with E-state index in [-0.39, 0.29) is 0 Å². The van der Waals surface area contributed by atoms with E-state index in [0.29, 0.717) is 5.69 Å². The van der Waals surface area contributed by atoms with Crippen LogP contribution in [0.1, 0.15) is 10.5 Å². The third kappa shape index (κ3) is 1.84. The number of anilines is 1. The van der Waals surface area contributed by atoms with Crippen LogP contribution in [0.3, 0.4) is 0 Å². The second kappa shape index (κ2) is 4.77. The van der Waals surface area contributed by atoms with Gasteiger partial charge in [0.2, 0.25) is 0 Å². The van der Waals surface area contributed by atoms with Crippen molar-refractivity contribution in [3.8, 4) is 11.4 Å². The zero-order valence-corrected chi connectivity index (χ0v) is 11.3. The van der Waals surface area contributed by atoms with Crippen molar-refractivity contribution in [1.29, 1.82) is 0 Å². The van der Waals surface area contributed by atoms with E-state index in [1.54, 1.807) is 12.4 Å². The Morgan fingerprint density at radius 3 is 2.70 bits per heavy atom. The predicted molar refractivity (Wildman–Crippen MR) is 78.1 cm³/mol. The Labute approximate surface area is 116 Å². The highest BCUT2D eigenvalue weighted by molar-refractivity contribution is 5.87. The summed E-state index contributed by atoms with van der Waals surface area (Å²) in [5.41, 5.74) is 2.11. The lowest BCUT2D eigenvalue weighted by Crippen LogP contribution is -2.13. The first-order valence-corrected chi connectivity index (χ1v) is 6.26. The highest BCUT2D eigenvalue weighted by Gasteiger charge is 2.15. The van der Waals surface area contributed by atoms with Gasteiger partial charge in [0.1, 0.15) is 17.3 Å². The van der Waals surface area contributed by atoms with Gasteiger partial charge < -0.3 is 4.90 Å². The van der Waals surface area contributed by atoms with Crippen molar-refractivity contribution in [2.24, 2.45) is 0 Å². The van der Waals surface area contributed by atoms with Crippen LogP contribution in [0.25, 0.3) is 16.9 Å². The summed E-state index contributed by atoms with van der Waals surface area (Å²) in [6.45, 7) is 0. The molecule has 20 heavy (non-hydrogen) atoms. The molecule has 0 bridgehead atoms. The van der Waals surface area contributed by atoms with Crippen LogP contribution in [0.5, 0.6) is 0 Å². The fraction of sp³-hybridized carbons (Fsp3) is 0.133. The van der Waals surface area contributed by atoms with Gasteiger partial charge in [0.05, 0.1) is 5.52 Å². The van der Waals surface area contributed by atoms with Crippen molar-refractivity contribution in [1.82, 2.24) is 14.4 Å². The molecule has 3 heterocycles. The Morgan fingerprint density at radius 1 is 1.20 bits per heavy atom. The maximum Gasteiger partial charge on any atom is 0.170 e. The minimum absolute atomic E-state index is 0.438. The van der Waals surface area contributed by atoms with Crippen LogP contribution in [-0.4, -0.2) is 34.8 Å². The van der Waals surface area contributed by atoms with E-state index < -0.39 is 0 Å². The van der Waals surface area contributed by atoms with Crippen molar-refractivity contribution in [3.05, 3.63) is 48.4 Å². The zero-order valence-electron chi connectivity index (χ0n) is 11.3. The lowest BCUT2D eigenvalue weighted by molar-refractivity contribution is 0.112. The maximum absolute atomic E-state index is 11.2. The average molecular weight is 266 g/mol. The Balaban J connectivity index is 2.40. The van der Waals surface area contributed by atoms with Crippen LogP contribution in [-0.2, 0) is 0 Å². The molecule has 5 nitrogen and oxygen atoms in total. The molecule has 3 rings (SSSR count). The van der Waals surface area contributed by atoms with Gasteiger partial charge >= 0.3 is 0 Å². The van der Waals surface area contributed by atoms with Crippen LogP contribution in [0.2, 0.25) is 0 Å². The van der Waals surface area contributed by atoms with Crippen LogP contribution < -0.4 is 4.90 Å². The molecule has 0 aliphatic rings. The molecule has 0 N–H and O–H groups in total. The van der Waals surface area contributed by atoms with E-state index in [4.69, 9.17) is 0 Å². The van der Waals surface area contributed by atoms with Gasteiger partial charge in [0, 0.05) is 32.1 Å². The van der Waals surface area contributed by atoms with E-state index in [0.717, 1.165) is 29.0 Å². The molecule has 0 saturated carbocycles. The summed E-state index contributed by atoms with van der Waals surface area (Å²) in [6.07, 6.45) is 4.25. The standard InChI is InChI=1S/C15H14N4O/c1-18(2)14-7-3-6-13-12(10-20)17-15(19(13)14)11-5-4-8-16-9-11/h3-10H,1-2H3. The third-order valence-electron chi connectivity index (χ3n) is 3.16. The van der Waals surface area contributed by atoms with Gasteiger partial charge in [-0.1, -0.05) is 6.07 Å². The summed E-state index contributed by atoms with van der Waals surface area (Å²) in [5, 5.41) is 0. The molecule has 0 aliphatic carbocycles. The van der Waals surface area contributed by atoms with E-state index in [2.05, 4.69) is 9.97 Å². The van der Waals surface area contributed by atoms with Crippen molar-refractivity contribution in [2.75, 3.05) is 19.0 Å². The van der Waals surface area contributed by atoms with E-state index in [1.807, 2.05) is 53.7 Å². The number of hydrogen-bond donors (Lipinski definition) is 0. The summed E-state index contributed by atoms with van der Waals surface area (Å²) in [5.74, 6) is 1.68. The molecule has 100 valence electrons. The number of fused-ring (bicyclic) bond motifs is 1. The van der Waals surface area contributed by atoms with Gasteiger partial charge in [0.25, 0.3) is 0 Å². The van der Waals surface area contributed by atoms with E-state index in [1.165, 1.54) is 0 Å². The van der Waals surface area contributed by atoms with Gasteiger partial charge in [-0.3, -0.25) is 14.2 Å². The molecule has 0 aliphatic heterocycles. The number of aldehydes is 1. The molecule has 0 aromatic carbocycles. The van der Waals surface area contributed by atoms with Crippen LogP contribution in [0.15, 0.2) is 42.7 Å². The van der Waals surface area contributed by atoms with Gasteiger partial charge in [-0.05, 0) is 24.3 Å². The number of rotatable bonds is 3. The average Bonchev–Trinajstić information content (AvgIpc) is 2.86. The molecule has 0 saturated heterocycles. The molecule has 5 heteroatoms. The fourth-order valence-electron chi connectivity index (χ4n) is 2.27. The second-order valence-corrected chi connectivity index (χ2v) is 4.68. The number of imidazole rings is 1. The summed E-state index contributed by atoms with van der Waals surface area (Å²) < 4.78 is 1.97. The fourth-order valence-corrected chi connectivity index (χ4v) is 2.27. The molecule has 0 fully saturated rings.